The van der Waals surface area contributed by atoms with Gasteiger partial charge in [-0.3, -0.25) is 0 Å². The third-order valence-corrected chi connectivity index (χ3v) is 5.71. The molecule has 0 aliphatic heterocycles. The van der Waals surface area contributed by atoms with Gasteiger partial charge >= 0.3 is 0 Å². The van der Waals surface area contributed by atoms with Crippen molar-refractivity contribution in [3.63, 3.8) is 0 Å². The summed E-state index contributed by atoms with van der Waals surface area (Å²) in [7, 11) is 0. The molecule has 15 heavy (non-hydrogen) atoms. The molecule has 0 radical (unpaired) electrons. The lowest BCUT2D eigenvalue weighted by molar-refractivity contribution is 0.550. The van der Waals surface area contributed by atoms with E-state index in [1.54, 1.807) is 0 Å². The van der Waals surface area contributed by atoms with E-state index >= 15 is 0 Å². The quantitative estimate of drug-likeness (QED) is 0.409. The first-order valence-electron chi connectivity index (χ1n) is 6.52. The fraction of sp³-hybridized carbons (Fsp3) is 0.929. The van der Waals surface area contributed by atoms with Gasteiger partial charge in [-0.25, -0.2) is 0 Å². The SMILES string of the molecule is C=P(C)(CCCCC(C)C)CCC(C)C. The third-order valence-electron chi connectivity index (χ3n) is 2.98. The third kappa shape index (κ3) is 10.6. The highest BCUT2D eigenvalue weighted by molar-refractivity contribution is 7.73. The van der Waals surface area contributed by atoms with Gasteiger partial charge in [0.05, 0.1) is 0 Å². The molecule has 0 saturated heterocycles. The Labute approximate surface area is 97.8 Å². The van der Waals surface area contributed by atoms with E-state index in [0.29, 0.717) is 0 Å². The summed E-state index contributed by atoms with van der Waals surface area (Å²) in [6.45, 7) is 10.9. The number of hydrogen-bond donors (Lipinski definition) is 0. The van der Waals surface area contributed by atoms with Crippen LogP contribution in [0.25, 0.3) is 0 Å². The van der Waals surface area contributed by atoms with Crippen LogP contribution in [0.4, 0.5) is 0 Å². The Morgan fingerprint density at radius 2 is 1.40 bits per heavy atom. The summed E-state index contributed by atoms with van der Waals surface area (Å²) in [5.74, 6) is 1.72. The molecule has 0 N–H and O–H groups in total. The van der Waals surface area contributed by atoms with E-state index in [4.69, 9.17) is 0 Å². The molecule has 0 amide bonds. The van der Waals surface area contributed by atoms with E-state index in [9.17, 15) is 0 Å². The minimum atomic E-state index is -0.806. The van der Waals surface area contributed by atoms with Crippen molar-refractivity contribution in [3.8, 4) is 0 Å². The van der Waals surface area contributed by atoms with Crippen LogP contribution >= 0.6 is 6.89 Å². The number of hydrogen-bond acceptors (Lipinski definition) is 0. The number of rotatable bonds is 8. The zero-order chi connectivity index (χ0) is 11.9. The molecule has 0 fully saturated rings. The maximum Gasteiger partial charge on any atom is -0.0332 e. The Morgan fingerprint density at radius 3 is 1.87 bits per heavy atom. The summed E-state index contributed by atoms with van der Waals surface area (Å²) in [5, 5.41) is 0. The van der Waals surface area contributed by atoms with Crippen LogP contribution in [0.15, 0.2) is 0 Å². The fourth-order valence-corrected chi connectivity index (χ4v) is 4.08. The molecule has 1 heteroatoms. The van der Waals surface area contributed by atoms with Crippen molar-refractivity contribution in [2.75, 3.05) is 19.0 Å². The monoisotopic (exact) mass is 230 g/mol. The maximum atomic E-state index is 4.47. The first-order chi connectivity index (χ1) is 6.83. The lowest BCUT2D eigenvalue weighted by Gasteiger charge is -2.20. The highest BCUT2D eigenvalue weighted by atomic mass is 31.2. The molecule has 0 aromatic carbocycles. The highest BCUT2D eigenvalue weighted by Crippen LogP contribution is 2.42. The molecule has 1 atom stereocenters. The van der Waals surface area contributed by atoms with Crippen molar-refractivity contribution in [2.45, 2.75) is 53.4 Å². The van der Waals surface area contributed by atoms with Gasteiger partial charge in [0.25, 0.3) is 0 Å². The lowest BCUT2D eigenvalue weighted by atomic mass is 10.1. The van der Waals surface area contributed by atoms with Crippen molar-refractivity contribution in [1.82, 2.24) is 0 Å². The zero-order valence-electron chi connectivity index (χ0n) is 11.6. The Morgan fingerprint density at radius 1 is 0.867 bits per heavy atom. The first kappa shape index (κ1) is 15.3. The normalized spacial score (nSPS) is 15.9. The molecule has 92 valence electrons. The summed E-state index contributed by atoms with van der Waals surface area (Å²) in [5.41, 5.74) is 0. The molecule has 0 nitrogen and oxygen atoms in total. The lowest BCUT2D eigenvalue weighted by Crippen LogP contribution is -1.99. The van der Waals surface area contributed by atoms with Crippen molar-refractivity contribution in [2.24, 2.45) is 11.8 Å². The summed E-state index contributed by atoms with van der Waals surface area (Å²) in [6.07, 6.45) is 12.9. The van der Waals surface area contributed by atoms with E-state index in [0.717, 1.165) is 11.8 Å². The zero-order valence-corrected chi connectivity index (χ0v) is 12.4. The molecule has 0 rings (SSSR count). The molecule has 0 aromatic rings. The fourth-order valence-electron chi connectivity index (χ4n) is 1.73. The molecule has 0 spiro atoms. The van der Waals surface area contributed by atoms with Gasteiger partial charge < -0.3 is 0 Å². The van der Waals surface area contributed by atoms with Crippen LogP contribution in [-0.4, -0.2) is 25.3 Å². The number of unbranched alkanes of at least 4 members (excludes halogenated alkanes) is 1. The molecule has 0 aliphatic carbocycles. The van der Waals surface area contributed by atoms with Crippen molar-refractivity contribution >= 4 is 13.2 Å². The van der Waals surface area contributed by atoms with Crippen LogP contribution in [0.3, 0.4) is 0 Å². The standard InChI is InChI=1S/C14H31P/c1-13(2)9-7-8-11-15(5,6)12-10-14(3)4/h13-14H,5,7-12H2,1-4,6H3. The van der Waals surface area contributed by atoms with E-state index in [1.807, 2.05) is 0 Å². The molecule has 0 aliphatic rings. The molecule has 0 aromatic heterocycles. The minimum absolute atomic E-state index is 0.806. The molecular formula is C14H31P. The van der Waals surface area contributed by atoms with E-state index in [2.05, 4.69) is 40.7 Å². The second-order valence-electron chi connectivity index (χ2n) is 6.14. The Kier molecular flexibility index (Phi) is 7.70. The molecule has 0 saturated carbocycles. The van der Waals surface area contributed by atoms with Crippen molar-refractivity contribution in [1.29, 1.82) is 0 Å². The Bertz CT molecular complexity index is 192. The smallest absolute Gasteiger partial charge is 0.0332 e. The van der Waals surface area contributed by atoms with Gasteiger partial charge in [0, 0.05) is 0 Å². The predicted molar refractivity (Wildman–Crippen MR) is 77.8 cm³/mol. The second kappa shape index (κ2) is 7.55. The van der Waals surface area contributed by atoms with E-state index in [-0.39, 0.29) is 0 Å². The predicted octanol–water partition coefficient (Wildman–Crippen LogP) is 4.94. The average Bonchev–Trinajstić information content (AvgIpc) is 2.09. The summed E-state index contributed by atoms with van der Waals surface area (Å²) < 4.78 is 0. The Hall–Kier alpha value is 0.300. The van der Waals surface area contributed by atoms with Crippen LogP contribution in [0, 0.1) is 11.8 Å². The van der Waals surface area contributed by atoms with Crippen LogP contribution in [0.2, 0.25) is 0 Å². The molecule has 0 heterocycles. The van der Waals surface area contributed by atoms with Gasteiger partial charge in [-0.05, 0) is 43.7 Å². The van der Waals surface area contributed by atoms with Crippen molar-refractivity contribution in [3.05, 3.63) is 0 Å². The van der Waals surface area contributed by atoms with Gasteiger partial charge in [-0.1, -0.05) is 40.5 Å². The van der Waals surface area contributed by atoms with Gasteiger partial charge in [-0.15, -0.1) is 13.2 Å². The van der Waals surface area contributed by atoms with E-state index in [1.165, 1.54) is 38.0 Å². The van der Waals surface area contributed by atoms with Crippen LogP contribution in [0.1, 0.15) is 53.4 Å². The molecular weight excluding hydrogens is 199 g/mol. The summed E-state index contributed by atoms with van der Waals surface area (Å²) in [4.78, 5) is 0. The topological polar surface area (TPSA) is 0 Å². The molecule has 1 unspecified atom stereocenters. The Balaban J connectivity index is 3.60. The van der Waals surface area contributed by atoms with Crippen LogP contribution < -0.4 is 0 Å². The second-order valence-corrected chi connectivity index (χ2v) is 10.3. The van der Waals surface area contributed by atoms with Crippen LogP contribution in [0.5, 0.6) is 0 Å². The summed E-state index contributed by atoms with van der Waals surface area (Å²) in [6, 6.07) is 0. The largest absolute Gasteiger partial charge is 0.115 e. The van der Waals surface area contributed by atoms with Gasteiger partial charge in [0.15, 0.2) is 0 Å². The van der Waals surface area contributed by atoms with Gasteiger partial charge in [-0.2, -0.15) is 0 Å². The van der Waals surface area contributed by atoms with Gasteiger partial charge in [0.2, 0.25) is 0 Å². The van der Waals surface area contributed by atoms with Crippen molar-refractivity contribution < 1.29 is 0 Å². The summed E-state index contributed by atoms with van der Waals surface area (Å²) >= 11 is 0. The van der Waals surface area contributed by atoms with Crippen LogP contribution in [-0.2, 0) is 0 Å². The maximum absolute atomic E-state index is 4.47. The van der Waals surface area contributed by atoms with E-state index < -0.39 is 6.89 Å². The molecule has 0 bridgehead atoms. The highest BCUT2D eigenvalue weighted by Gasteiger charge is 2.08. The van der Waals surface area contributed by atoms with Gasteiger partial charge in [0.1, 0.15) is 0 Å². The first-order valence-corrected chi connectivity index (χ1v) is 9.31. The minimum Gasteiger partial charge on any atom is -0.115 e. The average molecular weight is 230 g/mol.